The van der Waals surface area contributed by atoms with E-state index in [1.807, 2.05) is 54.6 Å². The molecule has 0 saturated carbocycles. The molecule has 0 aliphatic carbocycles. The number of benzene rings is 4. The summed E-state index contributed by atoms with van der Waals surface area (Å²) in [6.45, 7) is 0. The predicted octanol–water partition coefficient (Wildman–Crippen LogP) is 5.06. The van der Waals surface area contributed by atoms with E-state index in [1.165, 1.54) is 12.1 Å². The molecule has 29 heavy (non-hydrogen) atoms. The van der Waals surface area contributed by atoms with Gasteiger partial charge >= 0.3 is 169 Å². The van der Waals surface area contributed by atoms with E-state index < -0.39 is 19.0 Å². The first-order valence-corrected chi connectivity index (χ1v) is 11.4. The van der Waals surface area contributed by atoms with Crippen molar-refractivity contribution in [1.29, 1.82) is 0 Å². The fourth-order valence-corrected chi connectivity index (χ4v) is 8.72. The van der Waals surface area contributed by atoms with Gasteiger partial charge in [0.15, 0.2) is 0 Å². The fraction of sp³-hybridized carbons (Fsp3) is 0.0400. The van der Waals surface area contributed by atoms with E-state index in [1.54, 1.807) is 12.1 Å². The van der Waals surface area contributed by atoms with Crippen molar-refractivity contribution in [3.8, 4) is 0 Å². The van der Waals surface area contributed by atoms with Crippen molar-refractivity contribution in [2.24, 2.45) is 0 Å². The van der Waals surface area contributed by atoms with Gasteiger partial charge in [-0.3, -0.25) is 0 Å². The van der Waals surface area contributed by atoms with Crippen LogP contribution in [0.25, 0.3) is 0 Å². The Bertz CT molecular complexity index is 961. The Balaban J connectivity index is 2.06. The van der Waals surface area contributed by atoms with Gasteiger partial charge in [-0.1, -0.05) is 0 Å². The van der Waals surface area contributed by atoms with E-state index in [4.69, 9.17) is 0 Å². The number of alkyl halides is 3. The normalized spacial score (nSPS) is 12.5. The Morgan fingerprint density at radius 1 is 0.414 bits per heavy atom. The number of hydrogen-bond donors (Lipinski definition) is 0. The summed E-state index contributed by atoms with van der Waals surface area (Å²) in [4.78, 5) is 0. The van der Waals surface area contributed by atoms with E-state index in [0.29, 0.717) is 0 Å². The molecule has 4 heteroatoms. The number of hydrogen-bond acceptors (Lipinski definition) is 0. The second kappa shape index (κ2) is 7.85. The van der Waals surface area contributed by atoms with E-state index in [0.717, 1.165) is 21.2 Å². The molecule has 0 nitrogen and oxygen atoms in total. The van der Waals surface area contributed by atoms with Gasteiger partial charge in [0.1, 0.15) is 0 Å². The van der Waals surface area contributed by atoms with Crippen molar-refractivity contribution in [3.63, 3.8) is 0 Å². The molecule has 0 aliphatic heterocycles. The van der Waals surface area contributed by atoms with Crippen LogP contribution in [0.5, 0.6) is 0 Å². The van der Waals surface area contributed by atoms with Crippen LogP contribution in [-0.2, 0) is 6.18 Å². The zero-order valence-electron chi connectivity index (χ0n) is 15.6. The summed E-state index contributed by atoms with van der Waals surface area (Å²) >= 11 is 0. The average molecular weight is 408 g/mol. The third kappa shape index (κ3) is 3.59. The van der Waals surface area contributed by atoms with Gasteiger partial charge < -0.3 is 0 Å². The summed E-state index contributed by atoms with van der Waals surface area (Å²) in [5, 5.41) is 4.33. The molecule has 4 aromatic carbocycles. The minimum absolute atomic E-state index is 0.627. The van der Waals surface area contributed by atoms with Crippen LogP contribution < -0.4 is 21.2 Å². The molecule has 0 N–H and O–H groups in total. The van der Waals surface area contributed by atoms with Crippen LogP contribution in [0.2, 0.25) is 0 Å². The third-order valence-electron chi connectivity index (χ3n) is 5.27. The molecule has 0 heterocycles. The number of halogens is 3. The molecule has 0 radical (unpaired) electrons. The van der Waals surface area contributed by atoms with Gasteiger partial charge in [-0.2, -0.15) is 0 Å². The van der Waals surface area contributed by atoms with E-state index >= 15 is 0 Å². The van der Waals surface area contributed by atoms with E-state index in [9.17, 15) is 13.2 Å². The fourth-order valence-electron chi connectivity index (χ4n) is 3.97. The predicted molar refractivity (Wildman–Crippen MR) is 118 cm³/mol. The van der Waals surface area contributed by atoms with Crippen LogP contribution >= 0.6 is 7.26 Å². The molecule has 0 saturated heterocycles. The first-order valence-electron chi connectivity index (χ1n) is 9.37. The summed E-state index contributed by atoms with van der Waals surface area (Å²) in [5.41, 5.74) is -0.627. The van der Waals surface area contributed by atoms with Crippen molar-refractivity contribution in [1.82, 2.24) is 0 Å². The topological polar surface area (TPSA) is 0 Å². The summed E-state index contributed by atoms with van der Waals surface area (Å²) in [7, 11) is -2.75. The molecule has 0 unspecified atom stereocenters. The van der Waals surface area contributed by atoms with Crippen molar-refractivity contribution in [3.05, 3.63) is 121 Å². The molecule has 0 amide bonds. The Morgan fingerprint density at radius 2 is 0.724 bits per heavy atom. The summed E-state index contributed by atoms with van der Waals surface area (Å²) in [6, 6.07) is 36.1. The van der Waals surface area contributed by atoms with Crippen LogP contribution in [0, 0.1) is 0 Å². The molecular formula is C25H20F3P. The van der Waals surface area contributed by atoms with Gasteiger partial charge in [0.25, 0.3) is 0 Å². The van der Waals surface area contributed by atoms with Gasteiger partial charge in [0, 0.05) is 0 Å². The first-order chi connectivity index (χ1) is 14.0. The third-order valence-corrected chi connectivity index (χ3v) is 10.1. The van der Waals surface area contributed by atoms with Crippen molar-refractivity contribution >= 4 is 28.5 Å². The molecular weight excluding hydrogens is 388 g/mol. The van der Waals surface area contributed by atoms with Crippen molar-refractivity contribution in [2.75, 3.05) is 0 Å². The van der Waals surface area contributed by atoms with Crippen LogP contribution in [0.4, 0.5) is 13.2 Å². The minimum atomic E-state index is -4.35. The second-order valence-electron chi connectivity index (χ2n) is 6.92. The van der Waals surface area contributed by atoms with Crippen LogP contribution in [0.15, 0.2) is 115 Å². The molecule has 146 valence electrons. The zero-order chi connectivity index (χ0) is 20.3. The van der Waals surface area contributed by atoms with Gasteiger partial charge in [-0.05, 0) is 0 Å². The van der Waals surface area contributed by atoms with Gasteiger partial charge in [0.2, 0.25) is 0 Å². The maximum atomic E-state index is 13.2. The first kappa shape index (κ1) is 19.4. The quantitative estimate of drug-likeness (QED) is 0.414. The van der Waals surface area contributed by atoms with Crippen molar-refractivity contribution < 1.29 is 13.2 Å². The monoisotopic (exact) mass is 408 g/mol. The number of rotatable bonds is 4. The van der Waals surface area contributed by atoms with Crippen LogP contribution in [0.1, 0.15) is 5.56 Å². The Hall–Kier alpha value is -2.90. The van der Waals surface area contributed by atoms with Crippen molar-refractivity contribution in [2.45, 2.75) is 6.18 Å². The Morgan fingerprint density at radius 3 is 1.03 bits per heavy atom. The van der Waals surface area contributed by atoms with Crippen LogP contribution in [0.3, 0.4) is 0 Å². The molecule has 0 atom stereocenters. The molecule has 0 aliphatic rings. The van der Waals surface area contributed by atoms with E-state index in [-0.39, 0.29) is 0 Å². The molecule has 0 aromatic heterocycles. The van der Waals surface area contributed by atoms with Gasteiger partial charge in [-0.15, -0.1) is 0 Å². The molecule has 4 rings (SSSR count). The Labute approximate surface area is 169 Å². The standard InChI is InChI=1S/C25H20F3P/c26-25(27,28)20-16-18-24(19-17-20)29(21-10-4-1-5-11-21,22-12-6-2-7-13-22)23-14-8-3-9-15-23/h1-19,29H. The molecule has 0 fully saturated rings. The zero-order valence-corrected chi connectivity index (χ0v) is 16.6. The van der Waals surface area contributed by atoms with Gasteiger partial charge in [-0.25, -0.2) is 0 Å². The second-order valence-corrected chi connectivity index (χ2v) is 10.7. The Kier molecular flexibility index (Phi) is 5.25. The summed E-state index contributed by atoms with van der Waals surface area (Å²) in [6.07, 6.45) is -4.35. The van der Waals surface area contributed by atoms with Gasteiger partial charge in [0.05, 0.1) is 0 Å². The summed E-state index contributed by atoms with van der Waals surface area (Å²) < 4.78 is 39.6. The maximum absolute atomic E-state index is 13.2. The van der Waals surface area contributed by atoms with Crippen LogP contribution in [-0.4, -0.2) is 0 Å². The molecule has 0 spiro atoms. The molecule has 0 bridgehead atoms. The molecule has 4 aromatic rings. The SMILES string of the molecule is FC(F)(F)c1ccc([PH](c2ccccc2)(c2ccccc2)c2ccccc2)cc1. The summed E-state index contributed by atoms with van der Waals surface area (Å²) in [5.74, 6) is 0. The van der Waals surface area contributed by atoms with E-state index in [2.05, 4.69) is 36.4 Å². The average Bonchev–Trinajstić information content (AvgIpc) is 2.76.